The van der Waals surface area contributed by atoms with E-state index in [1.165, 1.54) is 0 Å². The molecule has 1 aromatic heterocycles. The number of morpholine rings is 1. The average Bonchev–Trinajstić information content (AvgIpc) is 2.83. The third-order valence-electron chi connectivity index (χ3n) is 2.67. The molecule has 0 saturated carbocycles. The van der Waals surface area contributed by atoms with Gasteiger partial charge in [-0.05, 0) is 0 Å². The van der Waals surface area contributed by atoms with Gasteiger partial charge in [0.25, 0.3) is 0 Å². The summed E-state index contributed by atoms with van der Waals surface area (Å²) in [5.74, 6) is 0.0406. The molecule has 0 aliphatic carbocycles. The van der Waals surface area contributed by atoms with Crippen molar-refractivity contribution >= 4 is 5.91 Å². The van der Waals surface area contributed by atoms with Crippen LogP contribution in [0.2, 0.25) is 0 Å². The SMILES string of the molecule is O=C(CC1CNCCO1)NCCn1ccnc1. The van der Waals surface area contributed by atoms with Crippen LogP contribution in [0.15, 0.2) is 18.7 Å². The van der Waals surface area contributed by atoms with Crippen molar-refractivity contribution in [1.82, 2.24) is 20.2 Å². The van der Waals surface area contributed by atoms with Gasteiger partial charge in [-0.1, -0.05) is 0 Å². The van der Waals surface area contributed by atoms with Crippen LogP contribution in [0.5, 0.6) is 0 Å². The summed E-state index contributed by atoms with van der Waals surface area (Å²) in [5.41, 5.74) is 0. The van der Waals surface area contributed by atoms with Crippen LogP contribution in [-0.2, 0) is 16.1 Å². The maximum absolute atomic E-state index is 11.6. The van der Waals surface area contributed by atoms with Gasteiger partial charge in [0.1, 0.15) is 0 Å². The number of carbonyl (C=O) groups excluding carboxylic acids is 1. The van der Waals surface area contributed by atoms with Crippen LogP contribution in [0.4, 0.5) is 0 Å². The van der Waals surface area contributed by atoms with Crippen LogP contribution in [0.3, 0.4) is 0 Å². The Labute approximate surface area is 100 Å². The van der Waals surface area contributed by atoms with E-state index in [4.69, 9.17) is 4.74 Å². The molecule has 0 aromatic carbocycles. The van der Waals surface area contributed by atoms with Crippen molar-refractivity contribution < 1.29 is 9.53 Å². The van der Waals surface area contributed by atoms with Crippen LogP contribution in [-0.4, -0.2) is 47.8 Å². The molecule has 1 fully saturated rings. The summed E-state index contributed by atoms with van der Waals surface area (Å²) in [6, 6.07) is 0. The predicted octanol–water partition coefficient (Wildman–Crippen LogP) is -0.622. The largest absolute Gasteiger partial charge is 0.375 e. The summed E-state index contributed by atoms with van der Waals surface area (Å²) in [6.07, 6.45) is 5.78. The second kappa shape index (κ2) is 6.36. The van der Waals surface area contributed by atoms with Gasteiger partial charge in [0, 0.05) is 38.6 Å². The van der Waals surface area contributed by atoms with E-state index < -0.39 is 0 Å². The average molecular weight is 238 g/mol. The highest BCUT2D eigenvalue weighted by Gasteiger charge is 2.16. The highest BCUT2D eigenvalue weighted by molar-refractivity contribution is 5.76. The maximum atomic E-state index is 11.6. The number of nitrogens with zero attached hydrogens (tertiary/aromatic N) is 2. The lowest BCUT2D eigenvalue weighted by atomic mass is 10.2. The number of hydrogen-bond donors (Lipinski definition) is 2. The second-order valence-corrected chi connectivity index (χ2v) is 4.05. The molecule has 1 aliphatic rings. The van der Waals surface area contributed by atoms with Gasteiger partial charge < -0.3 is 19.9 Å². The molecule has 2 rings (SSSR count). The summed E-state index contributed by atoms with van der Waals surface area (Å²) in [6.45, 7) is 3.69. The van der Waals surface area contributed by atoms with Crippen molar-refractivity contribution in [3.05, 3.63) is 18.7 Å². The molecule has 1 saturated heterocycles. The minimum atomic E-state index is 0.0111. The number of nitrogens with one attached hydrogen (secondary N) is 2. The van der Waals surface area contributed by atoms with Crippen molar-refractivity contribution in [2.45, 2.75) is 19.1 Å². The van der Waals surface area contributed by atoms with Crippen LogP contribution in [0.25, 0.3) is 0 Å². The second-order valence-electron chi connectivity index (χ2n) is 4.05. The van der Waals surface area contributed by atoms with Crippen LogP contribution in [0, 0.1) is 0 Å². The number of aromatic nitrogens is 2. The van der Waals surface area contributed by atoms with Gasteiger partial charge in [0.15, 0.2) is 0 Å². The fourth-order valence-corrected chi connectivity index (χ4v) is 1.77. The standard InChI is InChI=1S/C11H18N4O2/c16-11(7-10-8-12-3-6-17-10)14-2-5-15-4-1-13-9-15/h1,4,9-10,12H,2-3,5-8H2,(H,14,16). The molecule has 6 nitrogen and oxygen atoms in total. The van der Waals surface area contributed by atoms with E-state index in [-0.39, 0.29) is 12.0 Å². The van der Waals surface area contributed by atoms with Crippen LogP contribution >= 0.6 is 0 Å². The van der Waals surface area contributed by atoms with Crippen molar-refractivity contribution in [2.24, 2.45) is 0 Å². The van der Waals surface area contributed by atoms with E-state index in [1.807, 2.05) is 10.8 Å². The van der Waals surface area contributed by atoms with E-state index in [1.54, 1.807) is 12.5 Å². The number of hydrogen-bond acceptors (Lipinski definition) is 4. The monoisotopic (exact) mass is 238 g/mol. The zero-order valence-electron chi connectivity index (χ0n) is 9.76. The first-order valence-electron chi connectivity index (χ1n) is 5.89. The summed E-state index contributed by atoms with van der Waals surface area (Å²) < 4.78 is 7.39. The Hall–Kier alpha value is -1.40. The fourth-order valence-electron chi connectivity index (χ4n) is 1.77. The first-order valence-corrected chi connectivity index (χ1v) is 5.89. The van der Waals surface area contributed by atoms with Gasteiger partial charge >= 0.3 is 0 Å². The van der Waals surface area contributed by atoms with Gasteiger partial charge in [-0.15, -0.1) is 0 Å². The Kier molecular flexibility index (Phi) is 4.52. The molecule has 1 unspecified atom stereocenters. The Morgan fingerprint density at radius 3 is 3.29 bits per heavy atom. The number of amides is 1. The topological polar surface area (TPSA) is 68.2 Å². The lowest BCUT2D eigenvalue weighted by Crippen LogP contribution is -2.41. The highest BCUT2D eigenvalue weighted by Crippen LogP contribution is 2.00. The molecule has 2 heterocycles. The maximum Gasteiger partial charge on any atom is 0.222 e. The lowest BCUT2D eigenvalue weighted by molar-refractivity contribution is -0.124. The Balaban J connectivity index is 1.60. The zero-order valence-corrected chi connectivity index (χ0v) is 9.76. The molecule has 0 bridgehead atoms. The molecule has 2 N–H and O–H groups in total. The minimum absolute atomic E-state index is 0.0111. The summed E-state index contributed by atoms with van der Waals surface area (Å²) >= 11 is 0. The van der Waals surface area contributed by atoms with Crippen LogP contribution < -0.4 is 10.6 Å². The Bertz CT molecular complexity index is 333. The molecule has 94 valence electrons. The highest BCUT2D eigenvalue weighted by atomic mass is 16.5. The van der Waals surface area contributed by atoms with Crippen molar-refractivity contribution in [2.75, 3.05) is 26.2 Å². The normalized spacial score (nSPS) is 20.1. The van der Waals surface area contributed by atoms with Gasteiger partial charge in [-0.3, -0.25) is 4.79 Å². The molecule has 1 aliphatic heterocycles. The van der Waals surface area contributed by atoms with Crippen molar-refractivity contribution in [3.63, 3.8) is 0 Å². The van der Waals surface area contributed by atoms with Gasteiger partial charge in [0.05, 0.1) is 25.5 Å². The van der Waals surface area contributed by atoms with E-state index in [0.717, 1.165) is 19.6 Å². The molecule has 1 amide bonds. The number of rotatable bonds is 5. The summed E-state index contributed by atoms with van der Waals surface area (Å²) in [5, 5.41) is 6.07. The molecule has 17 heavy (non-hydrogen) atoms. The first-order chi connectivity index (χ1) is 8.34. The van der Waals surface area contributed by atoms with Gasteiger partial charge in [-0.2, -0.15) is 0 Å². The molecular weight excluding hydrogens is 220 g/mol. The van der Waals surface area contributed by atoms with Crippen molar-refractivity contribution in [1.29, 1.82) is 0 Å². The van der Waals surface area contributed by atoms with E-state index in [2.05, 4.69) is 15.6 Å². The smallest absolute Gasteiger partial charge is 0.222 e. The Morgan fingerprint density at radius 2 is 2.59 bits per heavy atom. The first kappa shape index (κ1) is 12.1. The molecule has 0 spiro atoms. The lowest BCUT2D eigenvalue weighted by Gasteiger charge is -2.23. The third kappa shape index (κ3) is 4.16. The van der Waals surface area contributed by atoms with E-state index >= 15 is 0 Å². The zero-order chi connectivity index (χ0) is 11.9. The van der Waals surface area contributed by atoms with E-state index in [0.29, 0.717) is 19.6 Å². The molecule has 1 aromatic rings. The quantitative estimate of drug-likeness (QED) is 0.717. The molecule has 0 radical (unpaired) electrons. The number of carbonyl (C=O) groups is 1. The summed E-state index contributed by atoms with van der Waals surface area (Å²) in [4.78, 5) is 15.5. The number of ether oxygens (including phenoxy) is 1. The van der Waals surface area contributed by atoms with E-state index in [9.17, 15) is 4.79 Å². The molecule has 1 atom stereocenters. The fraction of sp³-hybridized carbons (Fsp3) is 0.636. The van der Waals surface area contributed by atoms with Crippen LogP contribution in [0.1, 0.15) is 6.42 Å². The Morgan fingerprint density at radius 1 is 1.65 bits per heavy atom. The van der Waals surface area contributed by atoms with Gasteiger partial charge in [-0.25, -0.2) is 4.98 Å². The van der Waals surface area contributed by atoms with Gasteiger partial charge in [0.2, 0.25) is 5.91 Å². The molecular formula is C11H18N4O2. The van der Waals surface area contributed by atoms with Crippen molar-refractivity contribution in [3.8, 4) is 0 Å². The minimum Gasteiger partial charge on any atom is -0.375 e. The third-order valence-corrected chi connectivity index (χ3v) is 2.67. The number of imidazole rings is 1. The summed E-state index contributed by atoms with van der Waals surface area (Å²) in [7, 11) is 0. The predicted molar refractivity (Wildman–Crippen MR) is 62.5 cm³/mol. The molecule has 6 heteroatoms.